The van der Waals surface area contributed by atoms with E-state index in [1.54, 1.807) is 24.5 Å². The first kappa shape index (κ1) is 17.4. The third-order valence-electron chi connectivity index (χ3n) is 4.41. The molecule has 27 heavy (non-hydrogen) atoms. The van der Waals surface area contributed by atoms with Crippen molar-refractivity contribution in [2.45, 2.75) is 26.1 Å². The molecule has 1 aromatic carbocycles. The van der Waals surface area contributed by atoms with Crippen LogP contribution in [0.2, 0.25) is 0 Å². The number of halogens is 2. The lowest BCUT2D eigenvalue weighted by Gasteiger charge is -2.28. The van der Waals surface area contributed by atoms with Gasteiger partial charge in [-0.3, -0.25) is 4.90 Å². The Morgan fingerprint density at radius 2 is 1.93 bits per heavy atom. The van der Waals surface area contributed by atoms with E-state index in [4.69, 9.17) is 0 Å². The summed E-state index contributed by atoms with van der Waals surface area (Å²) < 4.78 is 29.8. The predicted octanol–water partition coefficient (Wildman–Crippen LogP) is 3.09. The fourth-order valence-corrected chi connectivity index (χ4v) is 3.15. The van der Waals surface area contributed by atoms with Gasteiger partial charge in [-0.2, -0.15) is 8.78 Å². The number of alkyl halides is 2. The summed E-state index contributed by atoms with van der Waals surface area (Å²) >= 11 is 0. The van der Waals surface area contributed by atoms with Crippen LogP contribution in [0.5, 0.6) is 5.75 Å². The number of aromatic nitrogens is 4. The van der Waals surface area contributed by atoms with Crippen LogP contribution in [-0.4, -0.2) is 38.0 Å². The van der Waals surface area contributed by atoms with Crippen molar-refractivity contribution < 1.29 is 13.5 Å². The van der Waals surface area contributed by atoms with Crippen LogP contribution in [0.4, 0.5) is 8.78 Å². The fraction of sp³-hybridized carbons (Fsp3) is 0.263. The Morgan fingerprint density at radius 3 is 2.74 bits per heavy atom. The van der Waals surface area contributed by atoms with Crippen molar-refractivity contribution >= 4 is 0 Å². The van der Waals surface area contributed by atoms with Crippen molar-refractivity contribution in [3.63, 3.8) is 0 Å². The summed E-state index contributed by atoms with van der Waals surface area (Å²) in [6.07, 6.45) is 7.41. The third kappa shape index (κ3) is 4.06. The molecule has 0 saturated carbocycles. The number of para-hydroxylation sites is 1. The van der Waals surface area contributed by atoms with E-state index in [0.29, 0.717) is 18.9 Å². The predicted molar refractivity (Wildman–Crippen MR) is 94.0 cm³/mol. The van der Waals surface area contributed by atoms with Gasteiger partial charge in [0.2, 0.25) is 0 Å². The highest BCUT2D eigenvalue weighted by Crippen LogP contribution is 2.25. The molecule has 3 heterocycles. The maximum absolute atomic E-state index is 12.6. The van der Waals surface area contributed by atoms with Crippen molar-refractivity contribution in [2.24, 2.45) is 0 Å². The molecule has 1 aliphatic rings. The van der Waals surface area contributed by atoms with Gasteiger partial charge < -0.3 is 4.74 Å². The van der Waals surface area contributed by atoms with E-state index >= 15 is 0 Å². The van der Waals surface area contributed by atoms with Crippen LogP contribution in [0.25, 0.3) is 11.4 Å². The summed E-state index contributed by atoms with van der Waals surface area (Å²) in [5, 5.41) is 0. The van der Waals surface area contributed by atoms with Crippen LogP contribution in [0, 0.1) is 0 Å². The number of ether oxygens (including phenoxy) is 1. The first-order valence-electron chi connectivity index (χ1n) is 8.54. The molecule has 3 aromatic rings. The van der Waals surface area contributed by atoms with Crippen molar-refractivity contribution in [3.8, 4) is 17.1 Å². The zero-order valence-electron chi connectivity index (χ0n) is 14.4. The Morgan fingerprint density at radius 1 is 1.11 bits per heavy atom. The smallest absolute Gasteiger partial charge is 0.387 e. The molecule has 4 rings (SSSR count). The van der Waals surface area contributed by atoms with Gasteiger partial charge in [-0.05, 0) is 6.07 Å². The van der Waals surface area contributed by atoms with Crippen molar-refractivity contribution in [2.75, 3.05) is 6.54 Å². The molecule has 0 saturated heterocycles. The van der Waals surface area contributed by atoms with Gasteiger partial charge in [-0.1, -0.05) is 18.2 Å². The summed E-state index contributed by atoms with van der Waals surface area (Å²) in [7, 11) is 0. The van der Waals surface area contributed by atoms with E-state index in [0.717, 1.165) is 35.3 Å². The zero-order chi connectivity index (χ0) is 18.6. The van der Waals surface area contributed by atoms with E-state index < -0.39 is 6.61 Å². The Hall–Kier alpha value is -3.00. The average molecular weight is 369 g/mol. The van der Waals surface area contributed by atoms with Crippen LogP contribution in [0.3, 0.4) is 0 Å². The van der Waals surface area contributed by atoms with Gasteiger partial charge in [-0.25, -0.2) is 19.9 Å². The summed E-state index contributed by atoms with van der Waals surface area (Å²) in [5.41, 5.74) is 3.55. The first-order chi connectivity index (χ1) is 13.2. The van der Waals surface area contributed by atoms with Gasteiger partial charge in [0.15, 0.2) is 5.82 Å². The highest BCUT2D eigenvalue weighted by atomic mass is 19.3. The summed E-state index contributed by atoms with van der Waals surface area (Å²) in [6.45, 7) is -0.875. The molecule has 1 aliphatic heterocycles. The molecule has 0 bridgehead atoms. The fourth-order valence-electron chi connectivity index (χ4n) is 3.15. The van der Waals surface area contributed by atoms with Gasteiger partial charge in [0.05, 0.1) is 11.3 Å². The Kier molecular flexibility index (Phi) is 4.97. The maximum Gasteiger partial charge on any atom is 0.387 e. The van der Waals surface area contributed by atoms with Gasteiger partial charge in [0.25, 0.3) is 0 Å². The second-order valence-electron chi connectivity index (χ2n) is 6.24. The maximum atomic E-state index is 12.6. The molecule has 0 amide bonds. The number of hydrogen-bond acceptors (Lipinski definition) is 6. The molecular formula is C19H17F2N5O. The molecule has 0 fully saturated rings. The van der Waals surface area contributed by atoms with Crippen LogP contribution >= 0.6 is 0 Å². The van der Waals surface area contributed by atoms with Crippen molar-refractivity contribution in [3.05, 3.63) is 66.0 Å². The van der Waals surface area contributed by atoms with E-state index in [1.165, 1.54) is 6.33 Å². The molecule has 0 unspecified atom stereocenters. The Balaban J connectivity index is 1.50. The Bertz CT molecular complexity index is 923. The SMILES string of the molecule is FC(F)Oc1ccccc1CN1CCc2nc(-c3cncnc3)ncc2C1. The zero-order valence-corrected chi connectivity index (χ0v) is 14.4. The molecule has 0 N–H and O–H groups in total. The number of rotatable bonds is 5. The number of hydrogen-bond donors (Lipinski definition) is 0. The highest BCUT2D eigenvalue weighted by Gasteiger charge is 2.20. The van der Waals surface area contributed by atoms with Gasteiger partial charge in [0.1, 0.15) is 12.1 Å². The van der Waals surface area contributed by atoms with E-state index in [2.05, 4.69) is 29.6 Å². The van der Waals surface area contributed by atoms with E-state index in [1.807, 2.05) is 18.3 Å². The van der Waals surface area contributed by atoms with Gasteiger partial charge >= 0.3 is 6.61 Å². The summed E-state index contributed by atoms with van der Waals surface area (Å²) in [4.78, 5) is 19.2. The second kappa shape index (κ2) is 7.71. The van der Waals surface area contributed by atoms with Crippen molar-refractivity contribution in [1.82, 2.24) is 24.8 Å². The number of nitrogens with zero attached hydrogens (tertiary/aromatic N) is 5. The minimum Gasteiger partial charge on any atom is -0.434 e. The molecule has 8 heteroatoms. The van der Waals surface area contributed by atoms with Gasteiger partial charge in [0, 0.05) is 55.8 Å². The number of fused-ring (bicyclic) bond motifs is 1. The monoisotopic (exact) mass is 369 g/mol. The van der Waals surface area contributed by atoms with Crippen LogP contribution in [0.1, 0.15) is 16.8 Å². The average Bonchev–Trinajstić information content (AvgIpc) is 2.69. The molecule has 0 atom stereocenters. The molecule has 2 aromatic heterocycles. The summed E-state index contributed by atoms with van der Waals surface area (Å²) in [5.74, 6) is 0.826. The lowest BCUT2D eigenvalue weighted by molar-refractivity contribution is -0.0508. The molecule has 6 nitrogen and oxygen atoms in total. The van der Waals surface area contributed by atoms with Gasteiger partial charge in [-0.15, -0.1) is 0 Å². The first-order valence-corrected chi connectivity index (χ1v) is 8.54. The topological polar surface area (TPSA) is 64.0 Å². The van der Waals surface area contributed by atoms with Crippen molar-refractivity contribution in [1.29, 1.82) is 0 Å². The standard InChI is InChI=1S/C19H17F2N5O/c20-19(21)27-17-4-2-1-3-13(17)10-26-6-5-16-15(11-26)9-24-18(25-16)14-7-22-12-23-8-14/h1-4,7-9,12,19H,5-6,10-11H2. The lowest BCUT2D eigenvalue weighted by atomic mass is 10.1. The number of benzene rings is 1. The largest absolute Gasteiger partial charge is 0.434 e. The summed E-state index contributed by atoms with van der Waals surface area (Å²) in [6, 6.07) is 6.89. The molecule has 0 aliphatic carbocycles. The van der Waals surface area contributed by atoms with E-state index in [-0.39, 0.29) is 5.75 Å². The highest BCUT2D eigenvalue weighted by molar-refractivity contribution is 5.52. The molecule has 0 radical (unpaired) electrons. The van der Waals surface area contributed by atoms with Crippen LogP contribution in [-0.2, 0) is 19.5 Å². The second-order valence-corrected chi connectivity index (χ2v) is 6.24. The Labute approximate surface area is 154 Å². The lowest BCUT2D eigenvalue weighted by Crippen LogP contribution is -2.31. The minimum absolute atomic E-state index is 0.217. The van der Waals surface area contributed by atoms with Crippen LogP contribution in [0.15, 0.2) is 49.2 Å². The van der Waals surface area contributed by atoms with Crippen LogP contribution < -0.4 is 4.74 Å². The molecule has 0 spiro atoms. The molecule has 138 valence electrons. The normalized spacial score (nSPS) is 14.2. The minimum atomic E-state index is -2.83. The third-order valence-corrected chi connectivity index (χ3v) is 4.41. The van der Waals surface area contributed by atoms with E-state index in [9.17, 15) is 8.78 Å². The quantitative estimate of drug-likeness (QED) is 0.689. The molecular weight excluding hydrogens is 352 g/mol.